The minimum Gasteiger partial charge on any atom is -0.332 e. The Morgan fingerprint density at radius 3 is 2.33 bits per heavy atom. The number of allylic oxidation sites excluding steroid dienone is 1. The Kier molecular flexibility index (Phi) is 8.05. The largest absolute Gasteiger partial charge is 0.332 e. The Morgan fingerprint density at radius 2 is 1.83 bits per heavy atom. The van der Waals surface area contributed by atoms with Gasteiger partial charge in [0, 0.05) is 16.6 Å². The van der Waals surface area contributed by atoms with E-state index in [1.165, 1.54) is 16.7 Å². The third-order valence-electron chi connectivity index (χ3n) is 4.52. The van der Waals surface area contributed by atoms with Gasteiger partial charge in [-0.1, -0.05) is 54.8 Å². The van der Waals surface area contributed by atoms with Crippen LogP contribution in [0.5, 0.6) is 0 Å². The maximum atomic E-state index is 12.7. The van der Waals surface area contributed by atoms with Gasteiger partial charge in [0.05, 0.1) is 12.5 Å². The number of carbonyl (C=O) groups excluding carboxylic acids is 1. The molecule has 1 amide bonds. The Balaban J connectivity index is 0.00000139. The quantitative estimate of drug-likeness (QED) is 0.634. The van der Waals surface area contributed by atoms with E-state index in [0.29, 0.717) is 22.2 Å². The Morgan fingerprint density at radius 1 is 1.29 bits per heavy atom. The smallest absolute Gasteiger partial charge is 0.227 e. The summed E-state index contributed by atoms with van der Waals surface area (Å²) in [6, 6.07) is 5.43. The van der Waals surface area contributed by atoms with E-state index in [4.69, 9.17) is 23.2 Å². The summed E-state index contributed by atoms with van der Waals surface area (Å²) < 4.78 is 0. The van der Waals surface area contributed by atoms with Crippen LogP contribution in [0.2, 0.25) is 10.0 Å². The Bertz CT molecular complexity index is 641. The van der Waals surface area contributed by atoms with Gasteiger partial charge in [0.1, 0.15) is 0 Å². The minimum absolute atomic E-state index is 0.0563. The molecule has 24 heavy (non-hydrogen) atoms. The molecule has 132 valence electrons. The van der Waals surface area contributed by atoms with E-state index in [1.54, 1.807) is 18.2 Å². The van der Waals surface area contributed by atoms with Gasteiger partial charge in [-0.25, -0.2) is 0 Å². The summed E-state index contributed by atoms with van der Waals surface area (Å²) in [6.45, 7) is 12.9. The highest BCUT2D eigenvalue weighted by molar-refractivity contribution is 6.36. The van der Waals surface area contributed by atoms with Crippen molar-refractivity contribution in [2.24, 2.45) is 0 Å². The molecule has 1 unspecified atom stereocenters. The minimum atomic E-state index is 0.0563. The van der Waals surface area contributed by atoms with Crippen LogP contribution in [0.1, 0.15) is 47.1 Å². The molecule has 0 fully saturated rings. The van der Waals surface area contributed by atoms with Crippen molar-refractivity contribution in [2.45, 2.75) is 54.0 Å². The maximum absolute atomic E-state index is 12.7. The lowest BCUT2D eigenvalue weighted by molar-refractivity contribution is -0.130. The summed E-state index contributed by atoms with van der Waals surface area (Å²) in [5.74, 6) is 0.0563. The fourth-order valence-electron chi connectivity index (χ4n) is 2.79. The first-order valence-corrected chi connectivity index (χ1v) is 9.17. The maximum Gasteiger partial charge on any atom is 0.227 e. The SMILES string of the molecule is C/C=C(/C)C1=C(C)C(C)N(C(=O)Cc2c(Cl)cccc2Cl)C1.CC. The van der Waals surface area contributed by atoms with Gasteiger partial charge < -0.3 is 4.90 Å². The van der Waals surface area contributed by atoms with Crippen LogP contribution in [0.4, 0.5) is 0 Å². The van der Waals surface area contributed by atoms with Crippen LogP contribution >= 0.6 is 23.2 Å². The molecule has 0 saturated carbocycles. The van der Waals surface area contributed by atoms with Crippen molar-refractivity contribution >= 4 is 29.1 Å². The van der Waals surface area contributed by atoms with Gasteiger partial charge in [-0.15, -0.1) is 0 Å². The molecule has 0 saturated heterocycles. The van der Waals surface area contributed by atoms with E-state index in [0.717, 1.165) is 0 Å². The summed E-state index contributed by atoms with van der Waals surface area (Å²) in [6.07, 6.45) is 2.32. The number of hydrogen-bond donors (Lipinski definition) is 0. The Hall–Kier alpha value is -1.25. The molecule has 4 heteroatoms. The van der Waals surface area contributed by atoms with E-state index >= 15 is 0 Å². The van der Waals surface area contributed by atoms with Crippen molar-refractivity contribution in [1.29, 1.82) is 0 Å². The van der Waals surface area contributed by atoms with Gasteiger partial charge in [-0.2, -0.15) is 0 Å². The molecule has 0 N–H and O–H groups in total. The van der Waals surface area contributed by atoms with Crippen molar-refractivity contribution < 1.29 is 4.79 Å². The molecular formula is C20H27Cl2NO. The van der Waals surface area contributed by atoms with Crippen LogP contribution in [-0.2, 0) is 11.2 Å². The summed E-state index contributed by atoms with van der Waals surface area (Å²) >= 11 is 12.3. The van der Waals surface area contributed by atoms with Gasteiger partial charge in [0.25, 0.3) is 0 Å². The second-order valence-electron chi connectivity index (χ2n) is 5.71. The number of nitrogens with zero attached hydrogens (tertiary/aromatic N) is 1. The third-order valence-corrected chi connectivity index (χ3v) is 5.23. The zero-order valence-corrected chi connectivity index (χ0v) is 16.9. The molecule has 2 rings (SSSR count). The zero-order valence-electron chi connectivity index (χ0n) is 15.4. The van der Waals surface area contributed by atoms with Crippen LogP contribution in [0, 0.1) is 0 Å². The number of halogens is 2. The molecule has 1 aromatic carbocycles. The van der Waals surface area contributed by atoms with Gasteiger partial charge in [0.2, 0.25) is 5.91 Å². The molecule has 0 bridgehead atoms. The standard InChI is InChI=1S/C18H21Cl2NO.C2H6/c1-5-11(2)15-10-21(13(4)12(15)3)18(22)9-14-16(19)7-6-8-17(14)20;1-2/h5-8,13H,9-10H2,1-4H3;1-2H3/b11-5-;. The predicted octanol–water partition coefficient (Wildman–Crippen LogP) is 6.08. The van der Waals surface area contributed by atoms with Crippen LogP contribution < -0.4 is 0 Å². The predicted molar refractivity (Wildman–Crippen MR) is 105 cm³/mol. The van der Waals surface area contributed by atoms with E-state index in [2.05, 4.69) is 26.8 Å². The summed E-state index contributed by atoms with van der Waals surface area (Å²) in [5.41, 5.74) is 4.45. The monoisotopic (exact) mass is 367 g/mol. The van der Waals surface area contributed by atoms with E-state index in [1.807, 2.05) is 25.7 Å². The molecule has 1 aliphatic heterocycles. The third kappa shape index (κ3) is 4.43. The normalized spacial score (nSPS) is 17.8. The lowest BCUT2D eigenvalue weighted by Crippen LogP contribution is -2.36. The van der Waals surface area contributed by atoms with Gasteiger partial charge in [-0.3, -0.25) is 4.79 Å². The topological polar surface area (TPSA) is 20.3 Å². The number of carbonyl (C=O) groups is 1. The van der Waals surface area contributed by atoms with Gasteiger partial charge in [0.15, 0.2) is 0 Å². The summed E-state index contributed by atoms with van der Waals surface area (Å²) in [7, 11) is 0. The lowest BCUT2D eigenvalue weighted by Gasteiger charge is -2.23. The fourth-order valence-corrected chi connectivity index (χ4v) is 3.32. The first-order valence-electron chi connectivity index (χ1n) is 8.42. The summed E-state index contributed by atoms with van der Waals surface area (Å²) in [4.78, 5) is 14.6. The van der Waals surface area contributed by atoms with Crippen LogP contribution in [0.25, 0.3) is 0 Å². The van der Waals surface area contributed by atoms with Gasteiger partial charge in [-0.05, 0) is 56.5 Å². The number of rotatable bonds is 3. The molecule has 0 spiro atoms. The zero-order chi connectivity index (χ0) is 18.4. The highest BCUT2D eigenvalue weighted by Gasteiger charge is 2.31. The molecule has 1 heterocycles. The second kappa shape index (κ2) is 9.29. The van der Waals surface area contributed by atoms with E-state index in [-0.39, 0.29) is 18.4 Å². The van der Waals surface area contributed by atoms with Crippen LogP contribution in [-0.4, -0.2) is 23.4 Å². The summed E-state index contributed by atoms with van der Waals surface area (Å²) in [5, 5.41) is 1.09. The number of amides is 1. The molecular weight excluding hydrogens is 341 g/mol. The lowest BCUT2D eigenvalue weighted by atomic mass is 10.0. The fraction of sp³-hybridized carbons (Fsp3) is 0.450. The molecule has 1 atom stereocenters. The average Bonchev–Trinajstić information content (AvgIpc) is 2.88. The highest BCUT2D eigenvalue weighted by Crippen LogP contribution is 2.31. The highest BCUT2D eigenvalue weighted by atomic mass is 35.5. The second-order valence-corrected chi connectivity index (χ2v) is 6.52. The first kappa shape index (κ1) is 20.8. The number of hydrogen-bond acceptors (Lipinski definition) is 1. The molecule has 0 aromatic heterocycles. The molecule has 1 aromatic rings. The van der Waals surface area contributed by atoms with Crippen LogP contribution in [0.15, 0.2) is 41.0 Å². The van der Waals surface area contributed by atoms with Crippen molar-refractivity contribution in [3.05, 3.63) is 56.6 Å². The number of benzene rings is 1. The first-order chi connectivity index (χ1) is 11.4. The van der Waals surface area contributed by atoms with E-state index < -0.39 is 0 Å². The van der Waals surface area contributed by atoms with Crippen molar-refractivity contribution in [3.8, 4) is 0 Å². The molecule has 0 radical (unpaired) electrons. The molecule has 2 nitrogen and oxygen atoms in total. The molecule has 0 aliphatic carbocycles. The van der Waals surface area contributed by atoms with E-state index in [9.17, 15) is 4.79 Å². The van der Waals surface area contributed by atoms with Crippen molar-refractivity contribution in [2.75, 3.05) is 6.54 Å². The average molecular weight is 368 g/mol. The van der Waals surface area contributed by atoms with Crippen molar-refractivity contribution in [1.82, 2.24) is 4.90 Å². The molecule has 1 aliphatic rings. The van der Waals surface area contributed by atoms with Crippen LogP contribution in [0.3, 0.4) is 0 Å². The van der Waals surface area contributed by atoms with Crippen molar-refractivity contribution in [3.63, 3.8) is 0 Å². The van der Waals surface area contributed by atoms with Gasteiger partial charge >= 0.3 is 0 Å². The Labute approximate surface area is 156 Å².